The summed E-state index contributed by atoms with van der Waals surface area (Å²) >= 11 is 0. The molecule has 6 aromatic carbocycles. The van der Waals surface area contributed by atoms with Crippen LogP contribution in [-0.4, -0.2) is 46.5 Å². The van der Waals surface area contributed by atoms with Crippen LogP contribution in [-0.2, 0) is 40.1 Å². The largest absolute Gasteiger partial charge is 0.349 e. The van der Waals surface area contributed by atoms with Crippen molar-refractivity contribution in [2.24, 2.45) is 0 Å². The molecule has 0 fully saturated rings. The number of benzene rings is 6. The molecule has 6 aromatic rings. The third-order valence-electron chi connectivity index (χ3n) is 9.64. The van der Waals surface area contributed by atoms with E-state index in [1.54, 1.807) is 27.7 Å². The highest BCUT2D eigenvalue weighted by atomic mass is 31.2. The summed E-state index contributed by atoms with van der Waals surface area (Å²) in [4.78, 5) is -1.70. The zero-order chi connectivity index (χ0) is 42.0. The van der Waals surface area contributed by atoms with Gasteiger partial charge in [-0.05, 0) is 112 Å². The molecule has 0 spiro atoms. The second-order valence-corrected chi connectivity index (χ2v) is 22.9. The maximum Gasteiger partial charge on any atom is 0.349 e. The summed E-state index contributed by atoms with van der Waals surface area (Å²) in [5, 5.41) is 8.15. The summed E-state index contributed by atoms with van der Waals surface area (Å²) in [7, 11) is -12.4. The van der Waals surface area contributed by atoms with E-state index in [9.17, 15) is 0 Å². The summed E-state index contributed by atoms with van der Waals surface area (Å²) in [5.74, 6) is 0. The third-order valence-corrected chi connectivity index (χ3v) is 21.1. The van der Waals surface area contributed by atoms with E-state index in [0.29, 0.717) is 0 Å². The van der Waals surface area contributed by atoms with Crippen molar-refractivity contribution in [2.45, 2.75) is 45.4 Å². The predicted molar refractivity (Wildman–Crippen MR) is 262 cm³/mol. The summed E-state index contributed by atoms with van der Waals surface area (Å²) in [6.07, 6.45) is 0.193. The highest BCUT2D eigenvalue weighted by Crippen LogP contribution is 2.79. The Hall–Kier alpha value is -3.39. The Bertz CT molecular complexity index is 2050. The SMILES string of the molecule is [BH3-][P+](c1ccccc1)(c1ccccc1)c1ccc(CC(Cc2ccc([P+]([BH3-])(c3ccccc3)c3ccccc3)cc2)(P(=O)(OCC)OCC)P(=O)(OCC)OCC)cc1. The monoisotopic (exact) mass is 864 g/mol. The van der Waals surface area contributed by atoms with Gasteiger partial charge in [0.15, 0.2) is 4.90 Å². The Morgan fingerprint density at radius 1 is 0.390 bits per heavy atom. The van der Waals surface area contributed by atoms with Gasteiger partial charge >= 0.3 is 15.2 Å². The highest BCUT2D eigenvalue weighted by molar-refractivity contribution is 8.14. The van der Waals surface area contributed by atoms with Gasteiger partial charge in [-0.15, -0.1) is 0 Å². The molecule has 0 aliphatic carbocycles. The first kappa shape index (κ1) is 45.1. The van der Waals surface area contributed by atoms with Gasteiger partial charge in [0.1, 0.15) is 15.1 Å². The van der Waals surface area contributed by atoms with Gasteiger partial charge < -0.3 is 18.1 Å². The van der Waals surface area contributed by atoms with E-state index in [-0.39, 0.29) is 54.4 Å². The number of hydrogen-bond acceptors (Lipinski definition) is 6. The molecule has 0 radical (unpaired) electrons. The lowest BCUT2D eigenvalue weighted by atomic mass is 10.0. The van der Waals surface area contributed by atoms with Gasteiger partial charge in [0.2, 0.25) is 0 Å². The van der Waals surface area contributed by atoms with Crippen molar-refractivity contribution in [3.63, 3.8) is 0 Å². The lowest BCUT2D eigenvalue weighted by Crippen LogP contribution is -2.38. The zero-order valence-corrected chi connectivity index (χ0v) is 36.7. The predicted octanol–water partition coefficient (Wildman–Crippen LogP) is 7.85. The van der Waals surface area contributed by atoms with Crippen LogP contribution in [0.1, 0.15) is 38.8 Å². The molecule has 0 atom stereocenters. The average molecular weight is 864 g/mol. The first-order chi connectivity index (χ1) is 28.5. The highest BCUT2D eigenvalue weighted by Gasteiger charge is 2.65. The molecule has 0 heterocycles. The van der Waals surface area contributed by atoms with Crippen LogP contribution in [0.2, 0.25) is 0 Å². The van der Waals surface area contributed by atoms with Gasteiger partial charge in [0.05, 0.1) is 58.3 Å². The van der Waals surface area contributed by atoms with Gasteiger partial charge in [0, 0.05) is 12.8 Å². The zero-order valence-electron chi connectivity index (χ0n) is 33.1. The quantitative estimate of drug-likeness (QED) is 0.0576. The molecule has 0 unspecified atom stereocenters. The fraction of sp³-hybridized carbons (Fsp3) is 0.234. The summed E-state index contributed by atoms with van der Waals surface area (Å²) < 4.78 is 56.3. The lowest BCUT2D eigenvalue weighted by Gasteiger charge is -2.42. The molecule has 308 valence electrons. The van der Waals surface area contributed by atoms with E-state index in [1.165, 1.54) is 31.8 Å². The standard InChI is InChI=1S/C47H58B2O6P4/c1-5-52-58(50,53-6-2)47(59(51,54-7-3)55-8-4,37-39-29-33-45(34-30-39)56(48,41-21-13-9-14-22-41)42-23-15-10-16-24-42)38-40-31-35-46(36-32-40)57(49,43-25-17-11-18-26-43)44-27-19-12-20-28-44/h9-36H,5-8,37-38H2,1-4,48-49H3. The average Bonchev–Trinajstić information content (AvgIpc) is 3.27. The topological polar surface area (TPSA) is 71.1 Å². The molecule has 6 nitrogen and oxygen atoms in total. The van der Waals surface area contributed by atoms with Gasteiger partial charge in [-0.1, -0.05) is 111 Å². The number of rotatable bonds is 20. The Morgan fingerprint density at radius 2 is 0.610 bits per heavy atom. The van der Waals surface area contributed by atoms with Crippen LogP contribution in [0.3, 0.4) is 0 Å². The van der Waals surface area contributed by atoms with Crippen molar-refractivity contribution in [3.8, 4) is 0 Å². The van der Waals surface area contributed by atoms with Crippen molar-refractivity contribution in [1.82, 2.24) is 0 Å². The Kier molecular flexibility index (Phi) is 15.3. The minimum atomic E-state index is -4.23. The first-order valence-electron chi connectivity index (χ1n) is 19.6. The second-order valence-electron chi connectivity index (χ2n) is 13.3. The summed E-state index contributed by atoms with van der Waals surface area (Å²) in [6.45, 7) is 7.59. The maximum absolute atomic E-state index is 15.7. The molecular formula is C47H58B2O6P4. The Morgan fingerprint density at radius 3 is 0.831 bits per heavy atom. The van der Waals surface area contributed by atoms with E-state index in [1.807, 2.05) is 0 Å². The molecule has 0 N–H and O–H groups in total. The van der Waals surface area contributed by atoms with Gasteiger partial charge in [-0.2, -0.15) is 0 Å². The van der Waals surface area contributed by atoms with E-state index in [0.717, 1.165) is 11.1 Å². The molecule has 0 saturated heterocycles. The lowest BCUT2D eigenvalue weighted by molar-refractivity contribution is 0.175. The molecule has 6 rings (SSSR count). The van der Waals surface area contributed by atoms with Crippen LogP contribution in [0.4, 0.5) is 0 Å². The number of hydrogen-bond donors (Lipinski definition) is 0. The van der Waals surface area contributed by atoms with Crippen LogP contribution in [0.25, 0.3) is 0 Å². The van der Waals surface area contributed by atoms with E-state index in [2.05, 4.69) is 170 Å². The molecule has 0 amide bonds. The van der Waals surface area contributed by atoms with Gasteiger partial charge in [-0.25, -0.2) is 0 Å². The third kappa shape index (κ3) is 9.14. The Labute approximate surface area is 354 Å². The molecule has 0 aliphatic heterocycles. The molecule has 0 aromatic heterocycles. The van der Waals surface area contributed by atoms with E-state index >= 15 is 9.13 Å². The fourth-order valence-electron chi connectivity index (χ4n) is 7.22. The van der Waals surface area contributed by atoms with E-state index in [4.69, 9.17) is 18.1 Å². The van der Waals surface area contributed by atoms with Crippen LogP contribution in [0.5, 0.6) is 0 Å². The smallest absolute Gasteiger partial charge is 0.308 e. The molecule has 59 heavy (non-hydrogen) atoms. The van der Waals surface area contributed by atoms with Crippen molar-refractivity contribution in [2.75, 3.05) is 26.4 Å². The van der Waals surface area contributed by atoms with Crippen molar-refractivity contribution in [3.05, 3.63) is 181 Å². The normalized spacial score (nSPS) is 12.7. The Balaban J connectivity index is 1.50. The van der Waals surface area contributed by atoms with Crippen LogP contribution >= 0.6 is 29.5 Å². The summed E-state index contributed by atoms with van der Waals surface area (Å²) in [5.41, 5.74) is 1.72. The van der Waals surface area contributed by atoms with E-state index < -0.39 is 34.4 Å². The van der Waals surface area contributed by atoms with Crippen molar-refractivity contribution >= 4 is 76.4 Å². The minimum Gasteiger partial charge on any atom is -0.308 e. The molecule has 12 heteroatoms. The van der Waals surface area contributed by atoms with Crippen molar-refractivity contribution < 1.29 is 27.2 Å². The maximum atomic E-state index is 15.7. The van der Waals surface area contributed by atoms with Crippen LogP contribution in [0, 0.1) is 0 Å². The molecular weight excluding hydrogens is 806 g/mol. The second kappa shape index (κ2) is 20.0. The molecule has 0 saturated carbocycles. The van der Waals surface area contributed by atoms with Gasteiger partial charge in [-0.3, -0.25) is 9.13 Å². The molecule has 0 aliphatic rings. The van der Waals surface area contributed by atoms with Crippen molar-refractivity contribution in [1.29, 1.82) is 0 Å². The first-order valence-corrected chi connectivity index (χ1v) is 25.3. The van der Waals surface area contributed by atoms with Crippen LogP contribution in [0.15, 0.2) is 170 Å². The van der Waals surface area contributed by atoms with Gasteiger partial charge in [0.25, 0.3) is 0 Å². The van der Waals surface area contributed by atoms with Crippen LogP contribution < -0.4 is 31.8 Å². The fourth-order valence-corrected chi connectivity index (χ4v) is 17.6. The minimum absolute atomic E-state index is 0.0964. The molecule has 0 bridgehead atoms. The summed E-state index contributed by atoms with van der Waals surface area (Å²) in [6, 6.07) is 61.0.